The second-order valence-electron chi connectivity index (χ2n) is 6.31. The average Bonchev–Trinajstić information content (AvgIpc) is 2.76. The fraction of sp³-hybridized carbons (Fsp3) is 0.562. The highest BCUT2D eigenvalue weighted by Gasteiger charge is 2.36. The highest BCUT2D eigenvalue weighted by atomic mass is 19.4. The number of ether oxygens (including phenoxy) is 1. The van der Waals surface area contributed by atoms with Crippen LogP contribution in [0.4, 0.5) is 13.2 Å². The lowest BCUT2D eigenvalue weighted by Gasteiger charge is -2.30. The third-order valence-electron chi connectivity index (χ3n) is 4.35. The van der Waals surface area contributed by atoms with E-state index in [1.54, 1.807) is 4.90 Å². The van der Waals surface area contributed by atoms with Gasteiger partial charge in [-0.25, -0.2) is 0 Å². The maximum Gasteiger partial charge on any atom is 0.416 e. The Bertz CT molecular complexity index is 591. The van der Waals surface area contributed by atoms with Crippen LogP contribution < -0.4 is 0 Å². The minimum absolute atomic E-state index is 0.0787. The molecule has 0 radical (unpaired) electrons. The van der Waals surface area contributed by atoms with Crippen molar-refractivity contribution in [2.24, 2.45) is 5.92 Å². The zero-order valence-electron chi connectivity index (χ0n) is 12.8. The molecule has 2 saturated heterocycles. The van der Waals surface area contributed by atoms with Crippen molar-refractivity contribution in [3.63, 3.8) is 0 Å². The molecule has 3 rings (SSSR count). The number of amides is 1. The van der Waals surface area contributed by atoms with Gasteiger partial charge in [0.2, 0.25) is 0 Å². The highest BCUT2D eigenvalue weighted by molar-refractivity contribution is 5.94. The molecule has 2 aliphatic heterocycles. The van der Waals surface area contributed by atoms with Gasteiger partial charge in [0, 0.05) is 31.1 Å². The van der Waals surface area contributed by atoms with Gasteiger partial charge in [0.05, 0.1) is 24.8 Å². The van der Waals surface area contributed by atoms with E-state index in [0.29, 0.717) is 26.3 Å². The summed E-state index contributed by atoms with van der Waals surface area (Å²) in [7, 11) is 1.99. The molecule has 0 N–H and O–H groups in total. The average molecular weight is 328 g/mol. The number of rotatable bonds is 1. The Labute approximate surface area is 132 Å². The molecule has 2 aliphatic rings. The summed E-state index contributed by atoms with van der Waals surface area (Å²) in [5, 5.41) is 0. The van der Waals surface area contributed by atoms with Crippen molar-refractivity contribution in [3.8, 4) is 0 Å². The van der Waals surface area contributed by atoms with Crippen molar-refractivity contribution < 1.29 is 22.7 Å². The van der Waals surface area contributed by atoms with Crippen LogP contribution in [0.25, 0.3) is 0 Å². The molecule has 7 heteroatoms. The molecule has 2 atom stereocenters. The first kappa shape index (κ1) is 16.3. The third kappa shape index (κ3) is 3.50. The van der Waals surface area contributed by atoms with Crippen molar-refractivity contribution in [1.82, 2.24) is 9.80 Å². The fourth-order valence-corrected chi connectivity index (χ4v) is 3.32. The largest absolute Gasteiger partial charge is 0.416 e. The molecule has 2 bridgehead atoms. The van der Waals surface area contributed by atoms with E-state index < -0.39 is 11.7 Å². The molecule has 2 fully saturated rings. The Morgan fingerprint density at radius 3 is 2.74 bits per heavy atom. The smallest absolute Gasteiger partial charge is 0.379 e. The van der Waals surface area contributed by atoms with Crippen molar-refractivity contribution in [2.45, 2.75) is 12.2 Å². The Balaban J connectivity index is 1.87. The summed E-state index contributed by atoms with van der Waals surface area (Å²) in [4.78, 5) is 16.6. The molecule has 2 heterocycles. The van der Waals surface area contributed by atoms with E-state index >= 15 is 0 Å². The van der Waals surface area contributed by atoms with Crippen LogP contribution >= 0.6 is 0 Å². The maximum atomic E-state index is 12.9. The minimum atomic E-state index is -4.45. The SMILES string of the molecule is CN1C[C@@H]2COC[C@H](C1)N(C(=O)c1cccc(C(F)(F)F)c1)C2. The summed E-state index contributed by atoms with van der Waals surface area (Å²) in [5.74, 6) is -0.172. The number of nitrogens with zero attached hydrogens (tertiary/aromatic N) is 2. The molecule has 0 aromatic heterocycles. The van der Waals surface area contributed by atoms with E-state index in [0.717, 1.165) is 18.7 Å². The van der Waals surface area contributed by atoms with Gasteiger partial charge >= 0.3 is 6.18 Å². The van der Waals surface area contributed by atoms with Gasteiger partial charge < -0.3 is 14.5 Å². The number of carbonyl (C=O) groups excluding carboxylic acids is 1. The van der Waals surface area contributed by atoms with Crippen molar-refractivity contribution in [2.75, 3.05) is 39.9 Å². The molecule has 0 saturated carbocycles. The van der Waals surface area contributed by atoms with E-state index in [1.807, 2.05) is 7.05 Å². The Hall–Kier alpha value is -1.60. The van der Waals surface area contributed by atoms with Crippen LogP contribution in [-0.2, 0) is 10.9 Å². The van der Waals surface area contributed by atoms with Gasteiger partial charge in [-0.05, 0) is 25.2 Å². The molecular formula is C16H19F3N2O2. The number of carbonyl (C=O) groups is 1. The van der Waals surface area contributed by atoms with Crippen LogP contribution in [-0.4, -0.2) is 61.6 Å². The van der Waals surface area contributed by atoms with Crippen molar-refractivity contribution in [3.05, 3.63) is 35.4 Å². The van der Waals surface area contributed by atoms with Crippen LogP contribution in [0.15, 0.2) is 24.3 Å². The lowest BCUT2D eigenvalue weighted by Crippen LogP contribution is -2.46. The lowest BCUT2D eigenvalue weighted by molar-refractivity contribution is -0.137. The molecule has 1 aromatic carbocycles. The van der Waals surface area contributed by atoms with Crippen molar-refractivity contribution in [1.29, 1.82) is 0 Å². The first-order valence-corrected chi connectivity index (χ1v) is 7.59. The number of alkyl halides is 3. The van der Waals surface area contributed by atoms with Crippen LogP contribution in [0.5, 0.6) is 0 Å². The monoisotopic (exact) mass is 328 g/mol. The third-order valence-corrected chi connectivity index (χ3v) is 4.35. The summed E-state index contributed by atoms with van der Waals surface area (Å²) >= 11 is 0. The molecule has 23 heavy (non-hydrogen) atoms. The quantitative estimate of drug-likeness (QED) is 0.792. The van der Waals surface area contributed by atoms with Gasteiger partial charge in [0.1, 0.15) is 0 Å². The summed E-state index contributed by atoms with van der Waals surface area (Å²) in [6.07, 6.45) is -4.45. The Morgan fingerprint density at radius 1 is 1.22 bits per heavy atom. The zero-order chi connectivity index (χ0) is 16.6. The lowest BCUT2D eigenvalue weighted by atomic mass is 10.1. The molecule has 1 amide bonds. The maximum absolute atomic E-state index is 12.9. The number of benzene rings is 1. The number of halogens is 3. The van der Waals surface area contributed by atoms with Gasteiger partial charge in [-0.15, -0.1) is 0 Å². The van der Waals surface area contributed by atoms with Crippen LogP contribution in [0.2, 0.25) is 0 Å². The van der Waals surface area contributed by atoms with Gasteiger partial charge in [-0.3, -0.25) is 4.79 Å². The first-order valence-electron chi connectivity index (χ1n) is 7.59. The predicted octanol–water partition coefficient (Wildman–Crippen LogP) is 2.11. The second kappa shape index (κ2) is 6.13. The van der Waals surface area contributed by atoms with E-state index in [-0.39, 0.29) is 23.4 Å². The van der Waals surface area contributed by atoms with Crippen molar-refractivity contribution >= 4 is 5.91 Å². The molecule has 1 aromatic rings. The Morgan fingerprint density at radius 2 is 2.00 bits per heavy atom. The summed E-state index contributed by atoms with van der Waals surface area (Å²) in [6.45, 7) is 3.01. The highest BCUT2D eigenvalue weighted by Crippen LogP contribution is 2.30. The van der Waals surface area contributed by atoms with Crippen LogP contribution in [0.3, 0.4) is 0 Å². The molecule has 0 spiro atoms. The molecule has 0 aliphatic carbocycles. The van der Waals surface area contributed by atoms with Gasteiger partial charge in [0.25, 0.3) is 5.91 Å². The summed E-state index contributed by atoms with van der Waals surface area (Å²) in [5.41, 5.74) is -0.718. The van der Waals surface area contributed by atoms with Gasteiger partial charge in [-0.2, -0.15) is 13.2 Å². The first-order chi connectivity index (χ1) is 10.8. The molecule has 0 unspecified atom stereocenters. The molecular weight excluding hydrogens is 309 g/mol. The van der Waals surface area contributed by atoms with E-state index in [9.17, 15) is 18.0 Å². The van der Waals surface area contributed by atoms with Crippen LogP contribution in [0.1, 0.15) is 15.9 Å². The molecule has 126 valence electrons. The standard InChI is InChI=1S/C16H19F3N2O2/c1-20-6-11-7-21(14(8-20)10-23-9-11)15(22)12-3-2-4-13(5-12)16(17,18)19/h2-5,11,14H,6-10H2,1H3/t11-,14-/m0/s1. The van der Waals surface area contributed by atoms with Crippen LogP contribution in [0, 0.1) is 5.92 Å². The Kier molecular flexibility index (Phi) is 4.33. The second-order valence-corrected chi connectivity index (χ2v) is 6.31. The topological polar surface area (TPSA) is 32.8 Å². The van der Waals surface area contributed by atoms with E-state index in [2.05, 4.69) is 4.90 Å². The summed E-state index contributed by atoms with van der Waals surface area (Å²) in [6, 6.07) is 4.50. The minimum Gasteiger partial charge on any atom is -0.379 e. The van der Waals surface area contributed by atoms with Gasteiger partial charge in [0.15, 0.2) is 0 Å². The zero-order valence-corrected chi connectivity index (χ0v) is 12.8. The number of likely N-dealkylation sites (N-methyl/N-ethyl adjacent to an activating group) is 1. The normalized spacial score (nSPS) is 26.0. The predicted molar refractivity (Wildman–Crippen MR) is 78.1 cm³/mol. The number of hydrogen-bond acceptors (Lipinski definition) is 3. The fourth-order valence-electron chi connectivity index (χ4n) is 3.32. The van der Waals surface area contributed by atoms with Gasteiger partial charge in [-0.1, -0.05) is 6.07 Å². The summed E-state index contributed by atoms with van der Waals surface area (Å²) < 4.78 is 44.2. The van der Waals surface area contributed by atoms with E-state index in [4.69, 9.17) is 4.74 Å². The number of fused-ring (bicyclic) bond motifs is 3. The molecule has 4 nitrogen and oxygen atoms in total. The van der Waals surface area contributed by atoms with E-state index in [1.165, 1.54) is 12.1 Å². The number of hydrogen-bond donors (Lipinski definition) is 0.